The number of amides is 3. The third-order valence-electron chi connectivity index (χ3n) is 2.89. The van der Waals surface area contributed by atoms with Crippen LogP contribution >= 0.6 is 11.8 Å². The van der Waals surface area contributed by atoms with Crippen molar-refractivity contribution in [3.8, 4) is 0 Å². The molecule has 136 valence electrons. The molecule has 0 saturated heterocycles. The molecule has 0 spiro atoms. The van der Waals surface area contributed by atoms with Crippen molar-refractivity contribution in [3.63, 3.8) is 0 Å². The molecule has 2 aromatic rings. The van der Waals surface area contributed by atoms with E-state index in [1.54, 1.807) is 30.3 Å². The molecular weight excluding hydrogens is 366 g/mol. The number of hydrogen-bond donors (Lipinski definition) is 2. The molecule has 0 atom stereocenters. The molecule has 9 heteroatoms. The van der Waals surface area contributed by atoms with Gasteiger partial charge in [0.1, 0.15) is 11.6 Å². The Hall–Kier alpha value is -2.94. The minimum absolute atomic E-state index is 0.0476. The van der Waals surface area contributed by atoms with Crippen LogP contribution in [0, 0.1) is 11.6 Å². The van der Waals surface area contributed by atoms with Gasteiger partial charge in [0.15, 0.2) is 6.61 Å². The number of rotatable bonds is 6. The number of nitrogens with one attached hydrogen (secondary N) is 2. The lowest BCUT2D eigenvalue weighted by molar-refractivity contribution is -0.145. The average molecular weight is 380 g/mol. The highest BCUT2D eigenvalue weighted by atomic mass is 32.2. The Morgan fingerprint density at radius 3 is 2.50 bits per heavy atom. The lowest BCUT2D eigenvalue weighted by Crippen LogP contribution is -2.37. The SMILES string of the molecule is O=C(COC(=O)CSc1cc(F)ccc1F)NC(=O)Nc1ccccc1. The number of anilines is 1. The molecule has 0 fully saturated rings. The van der Waals surface area contributed by atoms with Gasteiger partial charge in [-0.3, -0.25) is 14.9 Å². The fourth-order valence-electron chi connectivity index (χ4n) is 1.76. The van der Waals surface area contributed by atoms with Gasteiger partial charge in [-0.25, -0.2) is 13.6 Å². The molecule has 0 radical (unpaired) electrons. The van der Waals surface area contributed by atoms with E-state index >= 15 is 0 Å². The number of ether oxygens (including phenoxy) is 1. The van der Waals surface area contributed by atoms with Crippen LogP contribution in [0.4, 0.5) is 19.3 Å². The van der Waals surface area contributed by atoms with Gasteiger partial charge in [-0.1, -0.05) is 18.2 Å². The summed E-state index contributed by atoms with van der Waals surface area (Å²) in [6.07, 6.45) is 0. The molecule has 0 aliphatic heterocycles. The predicted molar refractivity (Wildman–Crippen MR) is 91.6 cm³/mol. The van der Waals surface area contributed by atoms with Crippen molar-refractivity contribution in [1.82, 2.24) is 5.32 Å². The van der Waals surface area contributed by atoms with E-state index in [1.807, 2.05) is 5.32 Å². The van der Waals surface area contributed by atoms with Crippen LogP contribution in [-0.4, -0.2) is 30.3 Å². The van der Waals surface area contributed by atoms with Crippen LogP contribution < -0.4 is 10.6 Å². The molecule has 0 saturated carbocycles. The van der Waals surface area contributed by atoms with Gasteiger partial charge in [0.25, 0.3) is 5.91 Å². The third-order valence-corrected chi connectivity index (χ3v) is 3.89. The van der Waals surface area contributed by atoms with E-state index in [0.717, 1.165) is 30.0 Å². The van der Waals surface area contributed by atoms with Gasteiger partial charge in [-0.2, -0.15) is 0 Å². The summed E-state index contributed by atoms with van der Waals surface area (Å²) in [6, 6.07) is 10.5. The number of imide groups is 1. The topological polar surface area (TPSA) is 84.5 Å². The van der Waals surface area contributed by atoms with E-state index in [2.05, 4.69) is 10.1 Å². The smallest absolute Gasteiger partial charge is 0.325 e. The number of thioether (sulfide) groups is 1. The van der Waals surface area contributed by atoms with Crippen molar-refractivity contribution in [2.45, 2.75) is 4.90 Å². The van der Waals surface area contributed by atoms with E-state index < -0.39 is 36.1 Å². The Morgan fingerprint density at radius 1 is 1.04 bits per heavy atom. The number of halogens is 2. The summed E-state index contributed by atoms with van der Waals surface area (Å²) in [6.45, 7) is -0.673. The first-order valence-electron chi connectivity index (χ1n) is 7.33. The van der Waals surface area contributed by atoms with Crippen LogP contribution in [0.1, 0.15) is 0 Å². The molecule has 2 N–H and O–H groups in total. The summed E-state index contributed by atoms with van der Waals surface area (Å²) in [4.78, 5) is 34.6. The highest BCUT2D eigenvalue weighted by molar-refractivity contribution is 8.00. The van der Waals surface area contributed by atoms with Gasteiger partial charge < -0.3 is 10.1 Å². The minimum atomic E-state index is -0.825. The number of para-hydroxylation sites is 1. The summed E-state index contributed by atoms with van der Waals surface area (Å²) in [7, 11) is 0. The quantitative estimate of drug-likeness (QED) is 0.595. The molecule has 0 aliphatic carbocycles. The van der Waals surface area contributed by atoms with Crippen LogP contribution in [0.2, 0.25) is 0 Å². The highest BCUT2D eigenvalue weighted by Gasteiger charge is 2.13. The number of carbonyl (C=O) groups excluding carboxylic acids is 3. The predicted octanol–water partition coefficient (Wildman–Crippen LogP) is 2.95. The Kier molecular flexibility index (Phi) is 7.10. The second-order valence-electron chi connectivity index (χ2n) is 4.89. The van der Waals surface area contributed by atoms with Gasteiger partial charge in [0, 0.05) is 10.6 Å². The normalized spacial score (nSPS) is 10.1. The second-order valence-corrected chi connectivity index (χ2v) is 5.91. The lowest BCUT2D eigenvalue weighted by atomic mass is 10.3. The van der Waals surface area contributed by atoms with Gasteiger partial charge in [0.05, 0.1) is 5.75 Å². The Labute approximate surface area is 151 Å². The molecule has 2 aromatic carbocycles. The Bertz CT molecular complexity index is 803. The summed E-state index contributed by atoms with van der Waals surface area (Å²) in [5, 5.41) is 4.42. The fraction of sp³-hybridized carbons (Fsp3) is 0.118. The molecule has 0 bridgehead atoms. The number of hydrogen-bond acceptors (Lipinski definition) is 5. The van der Waals surface area contributed by atoms with E-state index in [1.165, 1.54) is 0 Å². The van der Waals surface area contributed by atoms with Crippen molar-refractivity contribution in [2.24, 2.45) is 0 Å². The Morgan fingerprint density at radius 2 is 1.77 bits per heavy atom. The van der Waals surface area contributed by atoms with Crippen LogP contribution in [0.5, 0.6) is 0 Å². The standard InChI is InChI=1S/C17H14F2N2O4S/c18-11-6-7-13(19)14(8-11)26-10-16(23)25-9-15(22)21-17(24)20-12-4-2-1-3-5-12/h1-8H,9-10H2,(H2,20,21,22,24). The number of esters is 1. The zero-order valence-electron chi connectivity index (χ0n) is 13.3. The van der Waals surface area contributed by atoms with Crippen molar-refractivity contribution in [2.75, 3.05) is 17.7 Å². The van der Waals surface area contributed by atoms with Crippen LogP contribution in [-0.2, 0) is 14.3 Å². The zero-order chi connectivity index (χ0) is 18.9. The van der Waals surface area contributed by atoms with Crippen LogP contribution in [0.3, 0.4) is 0 Å². The van der Waals surface area contributed by atoms with Gasteiger partial charge in [-0.15, -0.1) is 11.8 Å². The molecule has 0 aromatic heterocycles. The third kappa shape index (κ3) is 6.52. The molecule has 2 rings (SSSR count). The van der Waals surface area contributed by atoms with E-state index in [4.69, 9.17) is 0 Å². The fourth-order valence-corrected chi connectivity index (χ4v) is 2.52. The summed E-state index contributed by atoms with van der Waals surface area (Å²) in [5.74, 6) is -3.25. The summed E-state index contributed by atoms with van der Waals surface area (Å²) < 4.78 is 31.1. The van der Waals surface area contributed by atoms with Gasteiger partial charge >= 0.3 is 12.0 Å². The maximum absolute atomic E-state index is 13.4. The molecule has 0 unspecified atom stereocenters. The van der Waals surface area contributed by atoms with Gasteiger partial charge in [0.2, 0.25) is 0 Å². The second kappa shape index (κ2) is 9.52. The zero-order valence-corrected chi connectivity index (χ0v) is 14.1. The van der Waals surface area contributed by atoms with Crippen LogP contribution in [0.25, 0.3) is 0 Å². The van der Waals surface area contributed by atoms with E-state index in [-0.39, 0.29) is 10.6 Å². The lowest BCUT2D eigenvalue weighted by Gasteiger charge is -2.07. The first kappa shape index (κ1) is 19.4. The van der Waals surface area contributed by atoms with Crippen molar-refractivity contribution in [3.05, 3.63) is 60.2 Å². The molecular formula is C17H14F2N2O4S. The number of carbonyl (C=O) groups is 3. The molecule has 3 amide bonds. The first-order chi connectivity index (χ1) is 12.4. The molecule has 6 nitrogen and oxygen atoms in total. The Balaban J connectivity index is 1.70. The number of benzene rings is 2. The van der Waals surface area contributed by atoms with E-state index in [9.17, 15) is 23.2 Å². The molecule has 0 aliphatic rings. The van der Waals surface area contributed by atoms with Crippen molar-refractivity contribution in [1.29, 1.82) is 0 Å². The average Bonchev–Trinajstić information content (AvgIpc) is 2.61. The maximum Gasteiger partial charge on any atom is 0.325 e. The van der Waals surface area contributed by atoms with Crippen molar-refractivity contribution < 1.29 is 27.9 Å². The van der Waals surface area contributed by atoms with Crippen molar-refractivity contribution >= 4 is 35.4 Å². The van der Waals surface area contributed by atoms with Gasteiger partial charge in [-0.05, 0) is 30.3 Å². The monoisotopic (exact) mass is 380 g/mol. The minimum Gasteiger partial charge on any atom is -0.455 e. The summed E-state index contributed by atoms with van der Waals surface area (Å²) >= 11 is 0.736. The number of urea groups is 1. The summed E-state index contributed by atoms with van der Waals surface area (Å²) in [5.41, 5.74) is 0.489. The first-order valence-corrected chi connectivity index (χ1v) is 8.32. The highest BCUT2D eigenvalue weighted by Crippen LogP contribution is 2.22. The van der Waals surface area contributed by atoms with E-state index in [0.29, 0.717) is 5.69 Å². The van der Waals surface area contributed by atoms with Crippen LogP contribution in [0.15, 0.2) is 53.4 Å². The molecule has 0 heterocycles. The molecule has 26 heavy (non-hydrogen) atoms. The maximum atomic E-state index is 13.4. The largest absolute Gasteiger partial charge is 0.455 e.